The molecule has 0 saturated heterocycles. The Morgan fingerprint density at radius 1 is 1.35 bits per heavy atom. The molecular weight excluding hydrogens is 308 g/mol. The van der Waals surface area contributed by atoms with Gasteiger partial charge in [-0.3, -0.25) is 9.80 Å². The summed E-state index contributed by atoms with van der Waals surface area (Å²) in [6, 6.07) is 3.53. The van der Waals surface area contributed by atoms with Crippen LogP contribution < -0.4 is 5.32 Å². The van der Waals surface area contributed by atoms with Gasteiger partial charge in [0, 0.05) is 26.7 Å². The maximum Gasteiger partial charge on any atom is 0.275 e. The minimum atomic E-state index is -0.725. The van der Waals surface area contributed by atoms with E-state index in [4.69, 9.17) is 0 Å². The average Bonchev–Trinajstić information content (AvgIpc) is 2.91. The predicted octanol–water partition coefficient (Wildman–Crippen LogP) is 1.52. The summed E-state index contributed by atoms with van der Waals surface area (Å²) < 4.78 is 28.7. The predicted molar refractivity (Wildman–Crippen MR) is 77.1 cm³/mol. The minimum Gasteiger partial charge on any atom is -0.354 e. The maximum atomic E-state index is 13.8. The zero-order valence-electron chi connectivity index (χ0n) is 12.8. The topological polar surface area (TPSA) is 87.8 Å². The lowest BCUT2D eigenvalue weighted by Crippen LogP contribution is -2.18. The Morgan fingerprint density at radius 2 is 2.00 bits per heavy atom. The SMILES string of the molecule is CNC(=O)c1nnn(Cc2c(F)cccc2F)c1N=NN(C)C. The van der Waals surface area contributed by atoms with Crippen LogP contribution in [-0.2, 0) is 6.54 Å². The highest BCUT2D eigenvalue weighted by atomic mass is 19.1. The lowest BCUT2D eigenvalue weighted by Gasteiger charge is -2.07. The standard InChI is InChI=1S/C13H15F2N7O/c1-16-13(23)11-12(18-19-21(2)3)22(20-17-11)7-8-9(14)5-4-6-10(8)15/h4-6H,7H2,1-3H3,(H,16,23). The fourth-order valence-electron chi connectivity index (χ4n) is 1.74. The van der Waals surface area contributed by atoms with E-state index in [-0.39, 0.29) is 23.6 Å². The summed E-state index contributed by atoms with van der Waals surface area (Å²) in [5.74, 6) is -1.98. The second-order valence-electron chi connectivity index (χ2n) is 4.74. The first-order valence-electron chi connectivity index (χ1n) is 6.61. The molecule has 2 aromatic rings. The summed E-state index contributed by atoms with van der Waals surface area (Å²) in [5.41, 5.74) is -0.294. The van der Waals surface area contributed by atoms with E-state index in [2.05, 4.69) is 26.0 Å². The van der Waals surface area contributed by atoms with E-state index in [0.717, 1.165) is 16.8 Å². The molecule has 1 aromatic heterocycles. The first-order valence-corrected chi connectivity index (χ1v) is 6.61. The van der Waals surface area contributed by atoms with Crippen molar-refractivity contribution in [2.45, 2.75) is 6.54 Å². The molecular formula is C13H15F2N7O. The van der Waals surface area contributed by atoms with E-state index < -0.39 is 17.5 Å². The van der Waals surface area contributed by atoms with Crippen LogP contribution in [-0.4, -0.2) is 47.1 Å². The first-order chi connectivity index (χ1) is 10.9. The number of rotatable bonds is 5. The molecule has 1 heterocycles. The van der Waals surface area contributed by atoms with Crippen molar-refractivity contribution in [2.75, 3.05) is 21.1 Å². The Balaban J connectivity index is 2.46. The number of carbonyl (C=O) groups is 1. The third kappa shape index (κ3) is 3.65. The molecule has 0 fully saturated rings. The van der Waals surface area contributed by atoms with Crippen LogP contribution in [0.4, 0.5) is 14.6 Å². The molecule has 0 aliphatic heterocycles. The van der Waals surface area contributed by atoms with Crippen molar-refractivity contribution in [3.05, 3.63) is 41.1 Å². The zero-order chi connectivity index (χ0) is 17.0. The average molecular weight is 323 g/mol. The highest BCUT2D eigenvalue weighted by Gasteiger charge is 2.21. The molecule has 1 amide bonds. The van der Waals surface area contributed by atoms with E-state index in [1.165, 1.54) is 18.1 Å². The van der Waals surface area contributed by atoms with E-state index in [9.17, 15) is 13.6 Å². The van der Waals surface area contributed by atoms with Crippen molar-refractivity contribution < 1.29 is 13.6 Å². The van der Waals surface area contributed by atoms with Crippen molar-refractivity contribution in [3.8, 4) is 0 Å². The molecule has 1 aromatic carbocycles. The number of nitrogens with zero attached hydrogens (tertiary/aromatic N) is 6. The number of halogens is 2. The van der Waals surface area contributed by atoms with Crippen molar-refractivity contribution in [2.24, 2.45) is 10.3 Å². The van der Waals surface area contributed by atoms with E-state index in [1.54, 1.807) is 14.1 Å². The Morgan fingerprint density at radius 3 is 2.57 bits per heavy atom. The number of carbonyl (C=O) groups excluding carboxylic acids is 1. The van der Waals surface area contributed by atoms with Crippen LogP contribution in [0.2, 0.25) is 0 Å². The van der Waals surface area contributed by atoms with Crippen LogP contribution in [0.25, 0.3) is 0 Å². The van der Waals surface area contributed by atoms with Gasteiger partial charge in [0.1, 0.15) is 11.6 Å². The summed E-state index contributed by atoms with van der Waals surface area (Å²) in [5, 5.41) is 18.9. The second-order valence-corrected chi connectivity index (χ2v) is 4.74. The highest BCUT2D eigenvalue weighted by Crippen LogP contribution is 2.21. The van der Waals surface area contributed by atoms with Gasteiger partial charge in [-0.15, -0.1) is 10.2 Å². The molecule has 0 bridgehead atoms. The fraction of sp³-hybridized carbons (Fsp3) is 0.308. The van der Waals surface area contributed by atoms with Gasteiger partial charge in [-0.25, -0.2) is 13.5 Å². The summed E-state index contributed by atoms with van der Waals surface area (Å²) in [4.78, 5) is 11.8. The number of hydrogen-bond donors (Lipinski definition) is 1. The van der Waals surface area contributed by atoms with Crippen LogP contribution in [0.1, 0.15) is 16.1 Å². The minimum absolute atomic E-state index is 0.000651. The summed E-state index contributed by atoms with van der Waals surface area (Å²) >= 11 is 0. The molecule has 122 valence electrons. The molecule has 0 aliphatic carbocycles. The van der Waals surface area contributed by atoms with E-state index in [1.807, 2.05) is 0 Å². The molecule has 1 N–H and O–H groups in total. The molecule has 0 radical (unpaired) electrons. The van der Waals surface area contributed by atoms with Gasteiger partial charge < -0.3 is 5.32 Å². The number of benzene rings is 1. The molecule has 0 spiro atoms. The lowest BCUT2D eigenvalue weighted by atomic mass is 10.2. The van der Waals surface area contributed by atoms with Gasteiger partial charge >= 0.3 is 0 Å². The van der Waals surface area contributed by atoms with Crippen LogP contribution in [0.15, 0.2) is 28.5 Å². The van der Waals surface area contributed by atoms with Gasteiger partial charge in [0.2, 0.25) is 5.82 Å². The molecule has 0 atom stereocenters. The van der Waals surface area contributed by atoms with Crippen molar-refractivity contribution in [3.63, 3.8) is 0 Å². The smallest absolute Gasteiger partial charge is 0.275 e. The van der Waals surface area contributed by atoms with Crippen molar-refractivity contribution in [1.82, 2.24) is 25.3 Å². The van der Waals surface area contributed by atoms with Crippen molar-refractivity contribution >= 4 is 11.7 Å². The largest absolute Gasteiger partial charge is 0.354 e. The maximum absolute atomic E-state index is 13.8. The molecule has 0 unspecified atom stereocenters. The Bertz CT molecular complexity index is 722. The molecule has 2 rings (SSSR count). The van der Waals surface area contributed by atoms with Gasteiger partial charge in [-0.1, -0.05) is 16.5 Å². The number of amides is 1. The van der Waals surface area contributed by atoms with Crippen LogP contribution >= 0.6 is 0 Å². The zero-order valence-corrected chi connectivity index (χ0v) is 12.8. The molecule has 0 aliphatic rings. The second kappa shape index (κ2) is 6.90. The van der Waals surface area contributed by atoms with Crippen molar-refractivity contribution in [1.29, 1.82) is 0 Å². The number of hydrogen-bond acceptors (Lipinski definition) is 5. The van der Waals surface area contributed by atoms with E-state index >= 15 is 0 Å². The van der Waals surface area contributed by atoms with Crippen LogP contribution in [0.5, 0.6) is 0 Å². The van der Waals surface area contributed by atoms with Gasteiger partial charge in [0.05, 0.1) is 6.54 Å². The molecule has 0 saturated carbocycles. The Hall–Kier alpha value is -2.91. The summed E-state index contributed by atoms with van der Waals surface area (Å²) in [6.07, 6.45) is 0. The van der Waals surface area contributed by atoms with Gasteiger partial charge in [0.25, 0.3) is 5.91 Å². The first kappa shape index (κ1) is 16.5. The van der Waals surface area contributed by atoms with Crippen LogP contribution in [0, 0.1) is 11.6 Å². The van der Waals surface area contributed by atoms with Gasteiger partial charge in [-0.05, 0) is 12.1 Å². The quantitative estimate of drug-likeness (QED) is 0.667. The monoisotopic (exact) mass is 323 g/mol. The Labute approximate surface area is 130 Å². The normalized spacial score (nSPS) is 11.0. The summed E-state index contributed by atoms with van der Waals surface area (Å²) in [7, 11) is 4.69. The van der Waals surface area contributed by atoms with Crippen LogP contribution in [0.3, 0.4) is 0 Å². The molecule has 10 heteroatoms. The van der Waals surface area contributed by atoms with E-state index in [0.29, 0.717) is 0 Å². The summed E-state index contributed by atoms with van der Waals surface area (Å²) in [6.45, 7) is -0.274. The third-order valence-corrected chi connectivity index (χ3v) is 2.84. The molecule has 23 heavy (non-hydrogen) atoms. The lowest BCUT2D eigenvalue weighted by molar-refractivity contribution is 0.0958. The fourth-order valence-corrected chi connectivity index (χ4v) is 1.74. The third-order valence-electron chi connectivity index (χ3n) is 2.84. The highest BCUT2D eigenvalue weighted by molar-refractivity contribution is 5.95. The van der Waals surface area contributed by atoms with Gasteiger partial charge in [-0.2, -0.15) is 0 Å². The number of nitrogens with one attached hydrogen (secondary N) is 1. The van der Waals surface area contributed by atoms with Gasteiger partial charge in [0.15, 0.2) is 5.69 Å². The Kier molecular flexibility index (Phi) is 4.94. The number of aromatic nitrogens is 3. The molecule has 8 nitrogen and oxygen atoms in total.